The second-order valence-electron chi connectivity index (χ2n) is 6.37. The number of hydrogen-bond donors (Lipinski definition) is 3. The van der Waals surface area contributed by atoms with Gasteiger partial charge in [0.25, 0.3) is 0 Å². The van der Waals surface area contributed by atoms with Crippen LogP contribution in [0.15, 0.2) is 53.4 Å². The number of nitrogens with one attached hydrogen (secondary N) is 2. The summed E-state index contributed by atoms with van der Waals surface area (Å²) in [5, 5.41) is 14.9. The summed E-state index contributed by atoms with van der Waals surface area (Å²) in [4.78, 5) is 22.3. The third kappa shape index (κ3) is 2.32. The number of aromatic nitrogens is 4. The summed E-state index contributed by atoms with van der Waals surface area (Å²) in [6.07, 6.45) is 5.30. The molecule has 7 heteroatoms. The van der Waals surface area contributed by atoms with Crippen LogP contribution in [-0.2, 0) is 0 Å². The number of aromatic amines is 2. The van der Waals surface area contributed by atoms with E-state index in [4.69, 9.17) is 4.52 Å². The van der Waals surface area contributed by atoms with Crippen molar-refractivity contribution in [2.45, 2.75) is 6.92 Å². The Bertz CT molecular complexity index is 1330. The zero-order valence-electron chi connectivity index (χ0n) is 14.3. The van der Waals surface area contributed by atoms with Crippen LogP contribution in [0.2, 0.25) is 0 Å². The van der Waals surface area contributed by atoms with Crippen LogP contribution in [-0.4, -0.2) is 31.2 Å². The molecule has 3 N–H and O–H groups in total. The van der Waals surface area contributed by atoms with E-state index in [1.165, 1.54) is 0 Å². The van der Waals surface area contributed by atoms with Gasteiger partial charge in [0.15, 0.2) is 0 Å². The maximum atomic E-state index is 11.3. The molecule has 0 radical (unpaired) electrons. The molecule has 0 aliphatic heterocycles. The first-order chi connectivity index (χ1) is 13.1. The Hall–Kier alpha value is -3.87. The highest BCUT2D eigenvalue weighted by Gasteiger charge is 2.16. The fourth-order valence-electron chi connectivity index (χ4n) is 3.44. The molecular formula is C20H14N4O3. The summed E-state index contributed by atoms with van der Waals surface area (Å²) in [6.45, 7) is 1.87. The number of benzene rings is 1. The van der Waals surface area contributed by atoms with Crippen molar-refractivity contribution >= 4 is 27.9 Å². The third-order valence-corrected chi connectivity index (χ3v) is 4.79. The zero-order chi connectivity index (χ0) is 18.5. The topological polar surface area (TPSA) is 108 Å². The van der Waals surface area contributed by atoms with Crippen molar-refractivity contribution in [1.29, 1.82) is 0 Å². The Morgan fingerprint density at radius 2 is 2.00 bits per heavy atom. The molecule has 0 saturated heterocycles. The Kier molecular flexibility index (Phi) is 3.17. The van der Waals surface area contributed by atoms with Gasteiger partial charge in [0.2, 0.25) is 0 Å². The molecule has 0 bridgehead atoms. The van der Waals surface area contributed by atoms with Gasteiger partial charge in [-0.05, 0) is 42.8 Å². The number of hydrogen-bond acceptors (Lipinski definition) is 4. The van der Waals surface area contributed by atoms with Crippen molar-refractivity contribution in [3.05, 3.63) is 60.2 Å². The van der Waals surface area contributed by atoms with Crippen LogP contribution in [0.5, 0.6) is 0 Å². The van der Waals surface area contributed by atoms with Gasteiger partial charge in [0, 0.05) is 45.5 Å². The SMILES string of the molecule is Cc1oncc1-c1ccnc2[nH]c(-c3c[nH]c4ccc(C(=O)O)cc34)cc12. The van der Waals surface area contributed by atoms with Gasteiger partial charge in [-0.2, -0.15) is 0 Å². The average molecular weight is 358 g/mol. The van der Waals surface area contributed by atoms with Gasteiger partial charge in [0.1, 0.15) is 11.4 Å². The highest BCUT2D eigenvalue weighted by molar-refractivity contribution is 6.03. The van der Waals surface area contributed by atoms with Crippen LogP contribution in [0.3, 0.4) is 0 Å². The van der Waals surface area contributed by atoms with Crippen LogP contribution >= 0.6 is 0 Å². The smallest absolute Gasteiger partial charge is 0.335 e. The van der Waals surface area contributed by atoms with Gasteiger partial charge in [0.05, 0.1) is 11.8 Å². The molecule has 0 aliphatic rings. The van der Waals surface area contributed by atoms with E-state index in [1.54, 1.807) is 30.6 Å². The number of carboxylic acid groups (broad SMARTS) is 1. The normalized spacial score (nSPS) is 11.4. The van der Waals surface area contributed by atoms with Crippen molar-refractivity contribution in [3.63, 3.8) is 0 Å². The Morgan fingerprint density at radius 3 is 2.78 bits per heavy atom. The molecule has 0 saturated carbocycles. The summed E-state index contributed by atoms with van der Waals surface area (Å²) in [7, 11) is 0. The maximum absolute atomic E-state index is 11.3. The number of aryl methyl sites for hydroxylation is 1. The molecule has 0 spiro atoms. The molecule has 0 unspecified atom stereocenters. The van der Waals surface area contributed by atoms with Crippen LogP contribution < -0.4 is 0 Å². The molecule has 4 heterocycles. The predicted molar refractivity (Wildman–Crippen MR) is 101 cm³/mol. The van der Waals surface area contributed by atoms with Crippen molar-refractivity contribution in [2.24, 2.45) is 0 Å². The second kappa shape index (κ2) is 5.57. The molecule has 0 amide bonds. The number of carboxylic acids is 1. The lowest BCUT2D eigenvalue weighted by Crippen LogP contribution is -1.94. The average Bonchev–Trinajstić information content (AvgIpc) is 3.37. The number of aromatic carboxylic acids is 1. The van der Waals surface area contributed by atoms with Crippen LogP contribution in [0.4, 0.5) is 0 Å². The molecule has 5 rings (SSSR count). The number of nitrogens with zero attached hydrogens (tertiary/aromatic N) is 2. The molecule has 132 valence electrons. The minimum Gasteiger partial charge on any atom is -0.478 e. The van der Waals surface area contributed by atoms with Gasteiger partial charge in [-0.15, -0.1) is 0 Å². The first-order valence-electron chi connectivity index (χ1n) is 8.36. The lowest BCUT2D eigenvalue weighted by Gasteiger charge is -1.99. The first-order valence-corrected chi connectivity index (χ1v) is 8.36. The molecule has 5 aromatic rings. The van der Waals surface area contributed by atoms with Crippen molar-refractivity contribution in [2.75, 3.05) is 0 Å². The third-order valence-electron chi connectivity index (χ3n) is 4.79. The van der Waals surface area contributed by atoms with Crippen molar-refractivity contribution in [1.82, 2.24) is 20.1 Å². The molecule has 0 atom stereocenters. The van der Waals surface area contributed by atoms with E-state index in [1.807, 2.05) is 25.3 Å². The molecular weight excluding hydrogens is 344 g/mol. The quantitative estimate of drug-likeness (QED) is 0.444. The summed E-state index contributed by atoms with van der Waals surface area (Å²) in [5.74, 6) is -0.212. The lowest BCUT2D eigenvalue weighted by molar-refractivity contribution is 0.0697. The molecule has 1 aromatic carbocycles. The molecule has 27 heavy (non-hydrogen) atoms. The van der Waals surface area contributed by atoms with E-state index < -0.39 is 5.97 Å². The molecule has 4 aromatic heterocycles. The molecule has 7 nitrogen and oxygen atoms in total. The minimum absolute atomic E-state index is 0.248. The predicted octanol–water partition coefficient (Wildman–Crippen LogP) is 4.37. The molecule has 0 fully saturated rings. The highest BCUT2D eigenvalue weighted by atomic mass is 16.5. The second-order valence-corrected chi connectivity index (χ2v) is 6.37. The van der Waals surface area contributed by atoms with Gasteiger partial charge >= 0.3 is 5.97 Å². The van der Waals surface area contributed by atoms with Gasteiger partial charge < -0.3 is 19.6 Å². The van der Waals surface area contributed by atoms with Gasteiger partial charge in [-0.1, -0.05) is 5.16 Å². The van der Waals surface area contributed by atoms with Crippen molar-refractivity contribution < 1.29 is 14.4 Å². The Balaban J connectivity index is 1.73. The summed E-state index contributed by atoms with van der Waals surface area (Å²) < 4.78 is 5.20. The van der Waals surface area contributed by atoms with Gasteiger partial charge in [-0.25, -0.2) is 9.78 Å². The number of fused-ring (bicyclic) bond motifs is 2. The van der Waals surface area contributed by atoms with E-state index in [9.17, 15) is 9.90 Å². The van der Waals surface area contributed by atoms with Crippen LogP contribution in [0.1, 0.15) is 16.1 Å². The van der Waals surface area contributed by atoms with Crippen LogP contribution in [0, 0.1) is 6.92 Å². The first kappa shape index (κ1) is 15.4. The molecule has 0 aliphatic carbocycles. The minimum atomic E-state index is -0.951. The number of carbonyl (C=O) groups is 1. The van der Waals surface area contributed by atoms with E-state index in [0.29, 0.717) is 0 Å². The maximum Gasteiger partial charge on any atom is 0.335 e. The highest BCUT2D eigenvalue weighted by Crippen LogP contribution is 2.35. The number of rotatable bonds is 3. The zero-order valence-corrected chi connectivity index (χ0v) is 14.3. The van der Waals surface area contributed by atoms with E-state index in [0.717, 1.165) is 50.1 Å². The number of pyridine rings is 1. The Morgan fingerprint density at radius 1 is 1.11 bits per heavy atom. The largest absolute Gasteiger partial charge is 0.478 e. The van der Waals surface area contributed by atoms with E-state index in [-0.39, 0.29) is 5.56 Å². The monoisotopic (exact) mass is 358 g/mol. The van der Waals surface area contributed by atoms with Gasteiger partial charge in [-0.3, -0.25) is 0 Å². The fourth-order valence-corrected chi connectivity index (χ4v) is 3.44. The standard InChI is InChI=1S/C20H14N4O3/c1-10-15(9-23-27-10)12-4-5-21-19-14(12)7-18(24-19)16-8-22-17-3-2-11(20(25)26)6-13(16)17/h2-9,22H,1H3,(H,21,24)(H,25,26). The van der Waals surface area contributed by atoms with Crippen molar-refractivity contribution in [3.8, 4) is 22.4 Å². The summed E-state index contributed by atoms with van der Waals surface area (Å²) >= 11 is 0. The summed E-state index contributed by atoms with van der Waals surface area (Å²) in [6, 6.07) is 8.98. The summed E-state index contributed by atoms with van der Waals surface area (Å²) in [5.41, 5.74) is 5.50. The lowest BCUT2D eigenvalue weighted by atomic mass is 10.0. The van der Waals surface area contributed by atoms with E-state index >= 15 is 0 Å². The van der Waals surface area contributed by atoms with Crippen LogP contribution in [0.25, 0.3) is 44.3 Å². The fraction of sp³-hybridized carbons (Fsp3) is 0.0500. The Labute approximate surface area is 152 Å². The number of H-pyrrole nitrogens is 2. The van der Waals surface area contributed by atoms with E-state index in [2.05, 4.69) is 20.1 Å².